The molecule has 2 N–H and O–H groups in total. The topological polar surface area (TPSA) is 136 Å². The highest BCUT2D eigenvalue weighted by Gasteiger charge is 2.13. The van der Waals surface area contributed by atoms with Gasteiger partial charge in [0.2, 0.25) is 5.13 Å². The SMILES string of the molecule is COc1ccc(C(=O)Nc2ccc(C(=O)Nc3nnc(-c4ccc([N+](=O)[O-])cc4)s3)cc2)cc1. The predicted molar refractivity (Wildman–Crippen MR) is 127 cm³/mol. The molecule has 1 heterocycles. The average molecular weight is 475 g/mol. The van der Waals surface area contributed by atoms with E-state index < -0.39 is 4.92 Å². The lowest BCUT2D eigenvalue weighted by Gasteiger charge is -2.07. The minimum Gasteiger partial charge on any atom is -0.497 e. The van der Waals surface area contributed by atoms with E-state index in [0.29, 0.717) is 33.1 Å². The van der Waals surface area contributed by atoms with Gasteiger partial charge in [-0.1, -0.05) is 11.3 Å². The molecule has 0 unspecified atom stereocenters. The Balaban J connectivity index is 1.37. The second kappa shape index (κ2) is 9.88. The zero-order valence-corrected chi connectivity index (χ0v) is 18.5. The number of aromatic nitrogens is 2. The molecule has 170 valence electrons. The summed E-state index contributed by atoms with van der Waals surface area (Å²) in [5, 5.41) is 25.0. The number of methoxy groups -OCH3 is 1. The van der Waals surface area contributed by atoms with Crippen LogP contribution in [0.2, 0.25) is 0 Å². The van der Waals surface area contributed by atoms with Gasteiger partial charge in [0, 0.05) is 34.5 Å². The second-order valence-electron chi connectivity index (χ2n) is 6.93. The third-order valence-electron chi connectivity index (χ3n) is 4.73. The van der Waals surface area contributed by atoms with E-state index in [4.69, 9.17) is 4.74 Å². The molecular weight excluding hydrogens is 458 g/mol. The zero-order chi connectivity index (χ0) is 24.1. The summed E-state index contributed by atoms with van der Waals surface area (Å²) >= 11 is 1.15. The van der Waals surface area contributed by atoms with Gasteiger partial charge in [-0.15, -0.1) is 10.2 Å². The number of ether oxygens (including phenoxy) is 1. The van der Waals surface area contributed by atoms with Gasteiger partial charge >= 0.3 is 0 Å². The highest BCUT2D eigenvalue weighted by Crippen LogP contribution is 2.28. The third kappa shape index (κ3) is 5.22. The normalized spacial score (nSPS) is 10.4. The number of benzene rings is 3. The quantitative estimate of drug-likeness (QED) is 0.294. The van der Waals surface area contributed by atoms with Crippen molar-refractivity contribution in [3.05, 3.63) is 94.0 Å². The van der Waals surface area contributed by atoms with Crippen LogP contribution in [0.4, 0.5) is 16.5 Å². The lowest BCUT2D eigenvalue weighted by atomic mass is 10.1. The van der Waals surface area contributed by atoms with Crippen molar-refractivity contribution in [1.29, 1.82) is 0 Å². The number of nitrogens with one attached hydrogen (secondary N) is 2. The monoisotopic (exact) mass is 475 g/mol. The lowest BCUT2D eigenvalue weighted by molar-refractivity contribution is -0.384. The number of nitro groups is 1. The van der Waals surface area contributed by atoms with Crippen LogP contribution in [-0.2, 0) is 0 Å². The molecule has 0 aliphatic heterocycles. The summed E-state index contributed by atoms with van der Waals surface area (Å²) in [5.74, 6) is -0.0193. The van der Waals surface area contributed by atoms with E-state index in [-0.39, 0.29) is 22.6 Å². The Kier molecular flexibility index (Phi) is 6.55. The molecule has 4 rings (SSSR count). The number of amides is 2. The summed E-state index contributed by atoms with van der Waals surface area (Å²) in [6, 6.07) is 19.0. The first-order valence-electron chi connectivity index (χ1n) is 9.88. The lowest BCUT2D eigenvalue weighted by Crippen LogP contribution is -2.13. The molecule has 0 atom stereocenters. The van der Waals surface area contributed by atoms with Crippen molar-refractivity contribution in [3.63, 3.8) is 0 Å². The van der Waals surface area contributed by atoms with Crippen LogP contribution in [0.25, 0.3) is 10.6 Å². The van der Waals surface area contributed by atoms with Crippen LogP contribution < -0.4 is 15.4 Å². The van der Waals surface area contributed by atoms with Gasteiger partial charge in [0.1, 0.15) is 10.8 Å². The Labute approximate surface area is 197 Å². The molecule has 0 fully saturated rings. The summed E-state index contributed by atoms with van der Waals surface area (Å²) in [7, 11) is 1.55. The largest absolute Gasteiger partial charge is 0.497 e. The standard InChI is InChI=1S/C23H17N5O5S/c1-33-19-12-6-15(7-13-19)20(29)24-17-8-2-14(3-9-17)21(30)25-23-27-26-22(34-23)16-4-10-18(11-5-16)28(31)32/h2-13H,1H3,(H,24,29)(H,25,27,30). The first-order chi connectivity index (χ1) is 16.4. The van der Waals surface area contributed by atoms with Gasteiger partial charge in [-0.2, -0.15) is 0 Å². The van der Waals surface area contributed by atoms with Crippen molar-refractivity contribution < 1.29 is 19.2 Å². The summed E-state index contributed by atoms with van der Waals surface area (Å²) in [6.07, 6.45) is 0. The number of carbonyl (C=O) groups is 2. The van der Waals surface area contributed by atoms with Crippen LogP contribution in [-0.4, -0.2) is 34.0 Å². The van der Waals surface area contributed by atoms with Crippen molar-refractivity contribution in [2.45, 2.75) is 0 Å². The molecule has 0 bridgehead atoms. The molecule has 0 aliphatic rings. The number of hydrogen-bond donors (Lipinski definition) is 2. The van der Waals surface area contributed by atoms with Gasteiger partial charge in [0.05, 0.1) is 12.0 Å². The molecule has 3 aromatic carbocycles. The Morgan fingerprint density at radius 1 is 0.853 bits per heavy atom. The van der Waals surface area contributed by atoms with Crippen molar-refractivity contribution in [2.75, 3.05) is 17.7 Å². The molecule has 0 saturated heterocycles. The van der Waals surface area contributed by atoms with E-state index >= 15 is 0 Å². The summed E-state index contributed by atoms with van der Waals surface area (Å²) in [5.41, 5.74) is 2.01. The number of nitrogens with zero attached hydrogens (tertiary/aromatic N) is 3. The Bertz CT molecular complexity index is 1340. The molecule has 0 spiro atoms. The Morgan fingerprint density at radius 3 is 2.03 bits per heavy atom. The van der Waals surface area contributed by atoms with Gasteiger partial charge < -0.3 is 10.1 Å². The zero-order valence-electron chi connectivity index (χ0n) is 17.7. The maximum Gasteiger partial charge on any atom is 0.269 e. The van der Waals surface area contributed by atoms with Crippen LogP contribution in [0, 0.1) is 10.1 Å². The van der Waals surface area contributed by atoms with Crippen molar-refractivity contribution in [1.82, 2.24) is 10.2 Å². The molecule has 2 amide bonds. The summed E-state index contributed by atoms with van der Waals surface area (Å²) in [6.45, 7) is 0. The first kappa shape index (κ1) is 22.6. The number of rotatable bonds is 7. The van der Waals surface area contributed by atoms with Gasteiger partial charge in [-0.25, -0.2) is 0 Å². The van der Waals surface area contributed by atoms with E-state index in [1.54, 1.807) is 67.8 Å². The minimum absolute atomic E-state index is 0.0228. The van der Waals surface area contributed by atoms with Crippen molar-refractivity contribution >= 4 is 39.7 Å². The fourth-order valence-electron chi connectivity index (χ4n) is 2.94. The fraction of sp³-hybridized carbons (Fsp3) is 0.0435. The molecule has 0 aliphatic carbocycles. The van der Waals surface area contributed by atoms with Crippen molar-refractivity contribution in [3.8, 4) is 16.3 Å². The van der Waals surface area contributed by atoms with E-state index in [9.17, 15) is 19.7 Å². The molecule has 1 aromatic heterocycles. The van der Waals surface area contributed by atoms with Crippen LogP contribution in [0.5, 0.6) is 5.75 Å². The summed E-state index contributed by atoms with van der Waals surface area (Å²) in [4.78, 5) is 35.2. The highest BCUT2D eigenvalue weighted by atomic mass is 32.1. The Hall–Kier alpha value is -4.64. The molecule has 0 radical (unpaired) electrons. The fourth-order valence-corrected chi connectivity index (χ4v) is 3.68. The van der Waals surface area contributed by atoms with E-state index in [1.165, 1.54) is 12.1 Å². The molecule has 0 saturated carbocycles. The van der Waals surface area contributed by atoms with Gasteiger partial charge in [0.15, 0.2) is 0 Å². The minimum atomic E-state index is -0.481. The highest BCUT2D eigenvalue weighted by molar-refractivity contribution is 7.18. The maximum atomic E-state index is 12.5. The Morgan fingerprint density at radius 2 is 1.44 bits per heavy atom. The van der Waals surface area contributed by atoms with Gasteiger partial charge in [-0.05, 0) is 60.7 Å². The first-order valence-corrected chi connectivity index (χ1v) is 10.7. The number of hydrogen-bond acceptors (Lipinski definition) is 8. The second-order valence-corrected chi connectivity index (χ2v) is 7.91. The molecule has 10 nitrogen and oxygen atoms in total. The van der Waals surface area contributed by atoms with Crippen LogP contribution in [0.15, 0.2) is 72.8 Å². The van der Waals surface area contributed by atoms with Crippen LogP contribution >= 0.6 is 11.3 Å². The number of anilines is 2. The number of nitro benzene ring substituents is 1. The number of non-ortho nitro benzene ring substituents is 1. The predicted octanol–water partition coefficient (Wildman–Crippen LogP) is 4.63. The van der Waals surface area contributed by atoms with Gasteiger partial charge in [0.25, 0.3) is 17.5 Å². The maximum absolute atomic E-state index is 12.5. The van der Waals surface area contributed by atoms with Crippen molar-refractivity contribution in [2.24, 2.45) is 0 Å². The summed E-state index contributed by atoms with van der Waals surface area (Å²) < 4.78 is 5.08. The molecule has 34 heavy (non-hydrogen) atoms. The molecular formula is C23H17N5O5S. The van der Waals surface area contributed by atoms with Crippen LogP contribution in [0.3, 0.4) is 0 Å². The smallest absolute Gasteiger partial charge is 0.269 e. The molecule has 4 aromatic rings. The van der Waals surface area contributed by atoms with E-state index in [2.05, 4.69) is 20.8 Å². The molecule has 11 heteroatoms. The third-order valence-corrected chi connectivity index (χ3v) is 5.62. The van der Waals surface area contributed by atoms with E-state index in [1.807, 2.05) is 0 Å². The van der Waals surface area contributed by atoms with Crippen LogP contribution in [0.1, 0.15) is 20.7 Å². The van der Waals surface area contributed by atoms with E-state index in [0.717, 1.165) is 11.3 Å². The average Bonchev–Trinajstić information content (AvgIpc) is 3.33. The number of carbonyl (C=O) groups excluding carboxylic acids is 2. The van der Waals surface area contributed by atoms with Gasteiger partial charge in [-0.3, -0.25) is 25.0 Å².